The van der Waals surface area contributed by atoms with Crippen LogP contribution in [0.25, 0.3) is 0 Å². The highest BCUT2D eigenvalue weighted by atomic mass is 19.4. The summed E-state index contributed by atoms with van der Waals surface area (Å²) in [7, 11) is 0. The Morgan fingerprint density at radius 2 is 2.04 bits per heavy atom. The Balaban J connectivity index is 2.45. The number of ether oxygens (including phenoxy) is 1. The van der Waals surface area contributed by atoms with Gasteiger partial charge in [0.25, 0.3) is 5.91 Å². The van der Waals surface area contributed by atoms with Crippen LogP contribution in [0.1, 0.15) is 12.5 Å². The largest absolute Gasteiger partial charge is 0.481 e. The normalized spacial score (nSPS) is 15.0. The Morgan fingerprint density at radius 1 is 1.39 bits per heavy atom. The molecule has 0 aliphatic carbocycles. The molecule has 124 valence electrons. The predicted molar refractivity (Wildman–Crippen MR) is 71.0 cm³/mol. The first-order valence-electron chi connectivity index (χ1n) is 6.31. The maximum atomic E-state index is 12.9. The Hall–Kier alpha value is -2.78. The van der Waals surface area contributed by atoms with Crippen LogP contribution in [0.4, 0.5) is 24.5 Å². The van der Waals surface area contributed by atoms with Gasteiger partial charge >= 0.3 is 12.1 Å². The smallest absolute Gasteiger partial charge is 0.416 e. The van der Waals surface area contributed by atoms with Crippen molar-refractivity contribution in [1.82, 2.24) is 0 Å². The second kappa shape index (κ2) is 5.78. The standard InChI is InChI=1S/C13H11F3N2O5/c1-5(12(21)22)11(20)18-8-3-6(13(14,15)16)2-7-10(8)23-4-9(19)17-7/h2-3,5H,4H2,1H3,(H,17,19)(H,18,20)(H,21,22). The summed E-state index contributed by atoms with van der Waals surface area (Å²) in [4.78, 5) is 33.7. The number of fused-ring (bicyclic) bond motifs is 1. The molecule has 2 rings (SSSR count). The van der Waals surface area contributed by atoms with Gasteiger partial charge in [-0.2, -0.15) is 13.2 Å². The molecule has 0 saturated carbocycles. The molecule has 1 heterocycles. The maximum absolute atomic E-state index is 12.9. The van der Waals surface area contributed by atoms with E-state index in [1.165, 1.54) is 0 Å². The highest BCUT2D eigenvalue weighted by molar-refractivity contribution is 6.06. The number of anilines is 2. The number of halogens is 3. The van der Waals surface area contributed by atoms with Gasteiger partial charge in [0.2, 0.25) is 5.91 Å². The van der Waals surface area contributed by atoms with Crippen LogP contribution in [0.5, 0.6) is 5.75 Å². The van der Waals surface area contributed by atoms with E-state index in [1.807, 2.05) is 0 Å². The van der Waals surface area contributed by atoms with E-state index in [0.29, 0.717) is 12.1 Å². The van der Waals surface area contributed by atoms with Gasteiger partial charge in [0.1, 0.15) is 5.92 Å². The summed E-state index contributed by atoms with van der Waals surface area (Å²) in [6.07, 6.45) is -4.73. The number of nitrogens with one attached hydrogen (secondary N) is 2. The van der Waals surface area contributed by atoms with Gasteiger partial charge in [0.05, 0.1) is 16.9 Å². The molecular formula is C13H11F3N2O5. The van der Waals surface area contributed by atoms with Crippen molar-refractivity contribution in [1.29, 1.82) is 0 Å². The number of carboxylic acid groups (broad SMARTS) is 1. The summed E-state index contributed by atoms with van der Waals surface area (Å²) in [5.41, 5.74) is -1.75. The van der Waals surface area contributed by atoms with Gasteiger partial charge in [0.15, 0.2) is 12.4 Å². The van der Waals surface area contributed by atoms with Crippen LogP contribution >= 0.6 is 0 Å². The number of amides is 2. The average molecular weight is 332 g/mol. The second-order valence-corrected chi connectivity index (χ2v) is 4.78. The van der Waals surface area contributed by atoms with E-state index < -0.39 is 42.0 Å². The molecule has 0 aromatic heterocycles. The lowest BCUT2D eigenvalue weighted by Gasteiger charge is -2.23. The van der Waals surface area contributed by atoms with Crippen LogP contribution < -0.4 is 15.4 Å². The first-order valence-corrected chi connectivity index (χ1v) is 6.31. The van der Waals surface area contributed by atoms with Crippen molar-refractivity contribution < 1.29 is 37.4 Å². The van der Waals surface area contributed by atoms with Crippen LogP contribution in [-0.2, 0) is 20.6 Å². The van der Waals surface area contributed by atoms with Gasteiger partial charge in [-0.3, -0.25) is 14.4 Å². The molecule has 0 spiro atoms. The van der Waals surface area contributed by atoms with E-state index in [4.69, 9.17) is 9.84 Å². The zero-order valence-corrected chi connectivity index (χ0v) is 11.7. The molecule has 1 aromatic rings. The third kappa shape index (κ3) is 3.52. The van der Waals surface area contributed by atoms with E-state index in [9.17, 15) is 27.6 Å². The minimum absolute atomic E-state index is 0.163. The Bertz CT molecular complexity index is 687. The second-order valence-electron chi connectivity index (χ2n) is 4.78. The SMILES string of the molecule is CC(C(=O)O)C(=O)Nc1cc(C(F)(F)F)cc2c1OCC(=O)N2. The summed E-state index contributed by atoms with van der Waals surface area (Å²) in [5.74, 6) is -4.73. The number of rotatable bonds is 3. The van der Waals surface area contributed by atoms with Crippen molar-refractivity contribution in [2.24, 2.45) is 5.92 Å². The van der Waals surface area contributed by atoms with Crippen LogP contribution in [0.2, 0.25) is 0 Å². The lowest BCUT2D eigenvalue weighted by atomic mass is 10.1. The number of carboxylic acids is 1. The average Bonchev–Trinajstić information content (AvgIpc) is 2.44. The van der Waals surface area contributed by atoms with Crippen molar-refractivity contribution in [3.05, 3.63) is 17.7 Å². The van der Waals surface area contributed by atoms with E-state index in [0.717, 1.165) is 6.92 Å². The first-order chi connectivity index (χ1) is 10.6. The quantitative estimate of drug-likeness (QED) is 0.731. The molecule has 3 N–H and O–H groups in total. The van der Waals surface area contributed by atoms with Crippen molar-refractivity contribution in [2.45, 2.75) is 13.1 Å². The first kappa shape index (κ1) is 16.6. The van der Waals surface area contributed by atoms with Crippen LogP contribution in [0.3, 0.4) is 0 Å². The van der Waals surface area contributed by atoms with Gasteiger partial charge in [-0.25, -0.2) is 0 Å². The van der Waals surface area contributed by atoms with Crippen LogP contribution in [0.15, 0.2) is 12.1 Å². The van der Waals surface area contributed by atoms with Crippen molar-refractivity contribution >= 4 is 29.2 Å². The molecule has 0 bridgehead atoms. The highest BCUT2D eigenvalue weighted by Crippen LogP contribution is 2.42. The number of hydrogen-bond donors (Lipinski definition) is 3. The third-order valence-corrected chi connectivity index (χ3v) is 3.06. The molecule has 7 nitrogen and oxygen atoms in total. The Labute approximate surface area is 127 Å². The van der Waals surface area contributed by atoms with Crippen molar-refractivity contribution in [2.75, 3.05) is 17.2 Å². The number of hydrogen-bond acceptors (Lipinski definition) is 4. The maximum Gasteiger partial charge on any atom is 0.416 e. The lowest BCUT2D eigenvalue weighted by Crippen LogP contribution is -2.29. The summed E-state index contributed by atoms with van der Waals surface area (Å²) in [6, 6.07) is 1.28. The third-order valence-electron chi connectivity index (χ3n) is 3.06. The van der Waals surface area contributed by atoms with Crippen LogP contribution in [0, 0.1) is 5.92 Å². The number of aliphatic carboxylic acids is 1. The van der Waals surface area contributed by atoms with Gasteiger partial charge in [0, 0.05) is 0 Å². The van der Waals surface area contributed by atoms with Crippen molar-refractivity contribution in [3.63, 3.8) is 0 Å². The highest BCUT2D eigenvalue weighted by Gasteiger charge is 2.34. The molecule has 1 aromatic carbocycles. The molecule has 2 amide bonds. The van der Waals surface area contributed by atoms with E-state index >= 15 is 0 Å². The summed E-state index contributed by atoms with van der Waals surface area (Å²) >= 11 is 0. The zero-order chi connectivity index (χ0) is 17.4. The van der Waals surface area contributed by atoms with Crippen LogP contribution in [-0.4, -0.2) is 29.5 Å². The predicted octanol–water partition coefficient (Wildman–Crippen LogP) is 1.70. The Morgan fingerprint density at radius 3 is 2.61 bits per heavy atom. The zero-order valence-electron chi connectivity index (χ0n) is 11.7. The topological polar surface area (TPSA) is 105 Å². The van der Waals surface area contributed by atoms with E-state index in [-0.39, 0.29) is 17.1 Å². The van der Waals surface area contributed by atoms with Gasteiger partial charge in [-0.1, -0.05) is 0 Å². The molecule has 1 aliphatic rings. The molecule has 0 fully saturated rings. The van der Waals surface area contributed by atoms with E-state index in [1.54, 1.807) is 0 Å². The number of benzene rings is 1. The molecule has 1 atom stereocenters. The minimum Gasteiger partial charge on any atom is -0.481 e. The van der Waals surface area contributed by atoms with Gasteiger partial charge in [-0.05, 0) is 19.1 Å². The molecule has 0 radical (unpaired) electrons. The fourth-order valence-corrected chi connectivity index (χ4v) is 1.81. The van der Waals surface area contributed by atoms with Crippen molar-refractivity contribution in [3.8, 4) is 5.75 Å². The summed E-state index contributed by atoms with van der Waals surface area (Å²) in [5, 5.41) is 13.0. The number of alkyl halides is 3. The van der Waals surface area contributed by atoms with Gasteiger partial charge in [-0.15, -0.1) is 0 Å². The fraction of sp³-hybridized carbons (Fsp3) is 0.308. The molecule has 0 saturated heterocycles. The monoisotopic (exact) mass is 332 g/mol. The molecule has 10 heteroatoms. The molecular weight excluding hydrogens is 321 g/mol. The number of carbonyl (C=O) groups excluding carboxylic acids is 2. The lowest BCUT2D eigenvalue weighted by molar-refractivity contribution is -0.144. The molecule has 1 aliphatic heterocycles. The van der Waals surface area contributed by atoms with Gasteiger partial charge < -0.3 is 20.5 Å². The molecule has 23 heavy (non-hydrogen) atoms. The van der Waals surface area contributed by atoms with E-state index in [2.05, 4.69) is 10.6 Å². The summed E-state index contributed by atoms with van der Waals surface area (Å²) in [6.45, 7) is 0.649. The fourth-order valence-electron chi connectivity index (χ4n) is 1.81. The molecule has 1 unspecified atom stereocenters. The minimum atomic E-state index is -4.73. The summed E-state index contributed by atoms with van der Waals surface area (Å²) < 4.78 is 43.7. The number of carbonyl (C=O) groups is 3. The Kier molecular flexibility index (Phi) is 4.17.